The van der Waals surface area contributed by atoms with Gasteiger partial charge in [-0.3, -0.25) is 0 Å². The van der Waals surface area contributed by atoms with Crippen molar-refractivity contribution in [2.75, 3.05) is 7.11 Å². The van der Waals surface area contributed by atoms with E-state index in [1.165, 1.54) is 6.33 Å². The van der Waals surface area contributed by atoms with E-state index in [1.807, 2.05) is 42.5 Å². The van der Waals surface area contributed by atoms with E-state index in [2.05, 4.69) is 9.97 Å². The van der Waals surface area contributed by atoms with Crippen LogP contribution in [0.3, 0.4) is 0 Å². The van der Waals surface area contributed by atoms with E-state index in [0.29, 0.717) is 6.61 Å². The van der Waals surface area contributed by atoms with Crippen LogP contribution in [0.1, 0.15) is 5.56 Å². The maximum atomic E-state index is 5.86. The van der Waals surface area contributed by atoms with Gasteiger partial charge in [0.05, 0.1) is 18.0 Å². The van der Waals surface area contributed by atoms with Gasteiger partial charge in [0.1, 0.15) is 24.4 Å². The molecule has 0 amide bonds. The van der Waals surface area contributed by atoms with E-state index in [0.717, 1.165) is 28.0 Å². The third kappa shape index (κ3) is 2.54. The molecule has 20 heavy (non-hydrogen) atoms. The van der Waals surface area contributed by atoms with Crippen LogP contribution < -0.4 is 9.47 Å². The van der Waals surface area contributed by atoms with Gasteiger partial charge in [-0.1, -0.05) is 18.2 Å². The second kappa shape index (κ2) is 5.57. The van der Waals surface area contributed by atoms with E-state index >= 15 is 0 Å². The second-order valence-electron chi connectivity index (χ2n) is 4.35. The van der Waals surface area contributed by atoms with Crippen molar-refractivity contribution in [1.29, 1.82) is 0 Å². The van der Waals surface area contributed by atoms with E-state index < -0.39 is 0 Å². The quantitative estimate of drug-likeness (QED) is 0.727. The van der Waals surface area contributed by atoms with E-state index in [4.69, 9.17) is 9.47 Å². The minimum Gasteiger partial charge on any atom is -0.497 e. The van der Waals surface area contributed by atoms with E-state index in [1.54, 1.807) is 13.3 Å². The van der Waals surface area contributed by atoms with Gasteiger partial charge in [-0.2, -0.15) is 0 Å². The fraction of sp³-hybridized carbons (Fsp3) is 0.125. The lowest BCUT2D eigenvalue weighted by Crippen LogP contribution is -1.96. The molecule has 0 unspecified atom stereocenters. The molecule has 0 atom stereocenters. The van der Waals surface area contributed by atoms with Crippen molar-refractivity contribution in [3.63, 3.8) is 0 Å². The maximum Gasteiger partial charge on any atom is 0.130 e. The van der Waals surface area contributed by atoms with Crippen LogP contribution in [0.2, 0.25) is 0 Å². The van der Waals surface area contributed by atoms with Gasteiger partial charge in [0.25, 0.3) is 0 Å². The Hall–Kier alpha value is -2.62. The topological polar surface area (TPSA) is 44.2 Å². The third-order valence-corrected chi connectivity index (χ3v) is 3.06. The van der Waals surface area contributed by atoms with Gasteiger partial charge in [0, 0.05) is 6.20 Å². The van der Waals surface area contributed by atoms with Crippen molar-refractivity contribution in [3.8, 4) is 11.5 Å². The van der Waals surface area contributed by atoms with Crippen molar-refractivity contribution in [2.24, 2.45) is 0 Å². The van der Waals surface area contributed by atoms with Crippen LogP contribution in [-0.2, 0) is 6.61 Å². The van der Waals surface area contributed by atoms with Crippen molar-refractivity contribution in [3.05, 3.63) is 60.6 Å². The van der Waals surface area contributed by atoms with Crippen LogP contribution in [0, 0.1) is 0 Å². The summed E-state index contributed by atoms with van der Waals surface area (Å²) in [7, 11) is 1.65. The molecule has 0 aliphatic rings. The van der Waals surface area contributed by atoms with Crippen molar-refractivity contribution >= 4 is 10.9 Å². The van der Waals surface area contributed by atoms with Crippen LogP contribution in [0.25, 0.3) is 10.9 Å². The summed E-state index contributed by atoms with van der Waals surface area (Å²) in [6.45, 7) is 0.498. The highest BCUT2D eigenvalue weighted by Crippen LogP contribution is 2.24. The van der Waals surface area contributed by atoms with Gasteiger partial charge in [-0.15, -0.1) is 0 Å². The minimum absolute atomic E-state index is 0.498. The second-order valence-corrected chi connectivity index (χ2v) is 4.35. The summed E-state index contributed by atoms with van der Waals surface area (Å²) in [4.78, 5) is 8.26. The molecular weight excluding hydrogens is 252 g/mol. The van der Waals surface area contributed by atoms with Gasteiger partial charge in [0.2, 0.25) is 0 Å². The largest absolute Gasteiger partial charge is 0.497 e. The molecule has 0 fully saturated rings. The average molecular weight is 266 g/mol. The van der Waals surface area contributed by atoms with E-state index in [-0.39, 0.29) is 0 Å². The first-order valence-corrected chi connectivity index (χ1v) is 6.31. The standard InChI is InChI=1S/C16H14N2O2/c1-19-13-7-5-12(6-8-13)10-20-16-4-2-3-15-14(16)9-17-11-18-15/h2-9,11H,10H2,1H3. The lowest BCUT2D eigenvalue weighted by molar-refractivity contribution is 0.309. The van der Waals surface area contributed by atoms with Crippen LogP contribution in [0.4, 0.5) is 0 Å². The molecule has 3 rings (SSSR count). The Balaban J connectivity index is 1.79. The van der Waals surface area contributed by atoms with Gasteiger partial charge in [-0.25, -0.2) is 9.97 Å². The van der Waals surface area contributed by atoms with Crippen molar-refractivity contribution < 1.29 is 9.47 Å². The summed E-state index contributed by atoms with van der Waals surface area (Å²) in [5.41, 5.74) is 1.96. The molecule has 1 aromatic heterocycles. The van der Waals surface area contributed by atoms with Crippen LogP contribution in [-0.4, -0.2) is 17.1 Å². The number of hydrogen-bond donors (Lipinski definition) is 0. The lowest BCUT2D eigenvalue weighted by atomic mass is 10.2. The number of hydrogen-bond acceptors (Lipinski definition) is 4. The highest BCUT2D eigenvalue weighted by Gasteiger charge is 2.03. The van der Waals surface area contributed by atoms with Gasteiger partial charge in [0.15, 0.2) is 0 Å². The minimum atomic E-state index is 0.498. The molecule has 0 aliphatic carbocycles. The van der Waals surface area contributed by atoms with Crippen LogP contribution in [0.15, 0.2) is 55.0 Å². The Morgan fingerprint density at radius 3 is 2.70 bits per heavy atom. The molecule has 3 aromatic rings. The predicted octanol–water partition coefficient (Wildman–Crippen LogP) is 3.22. The highest BCUT2D eigenvalue weighted by atomic mass is 16.5. The van der Waals surface area contributed by atoms with Crippen molar-refractivity contribution in [1.82, 2.24) is 9.97 Å². The summed E-state index contributed by atoms with van der Waals surface area (Å²) in [6, 6.07) is 13.6. The molecule has 0 aliphatic heterocycles. The first-order valence-electron chi connectivity index (χ1n) is 6.31. The normalized spacial score (nSPS) is 10.4. The summed E-state index contributed by atoms with van der Waals surface area (Å²) < 4.78 is 11.0. The Morgan fingerprint density at radius 1 is 1.05 bits per heavy atom. The Kier molecular flexibility index (Phi) is 3.46. The summed E-state index contributed by atoms with van der Waals surface area (Å²) in [5, 5.41) is 0.920. The Labute approximate surface area is 117 Å². The molecule has 100 valence electrons. The van der Waals surface area contributed by atoms with Crippen LogP contribution >= 0.6 is 0 Å². The lowest BCUT2D eigenvalue weighted by Gasteiger charge is -2.09. The molecule has 4 heteroatoms. The van der Waals surface area contributed by atoms with Crippen LogP contribution in [0.5, 0.6) is 11.5 Å². The fourth-order valence-electron chi connectivity index (χ4n) is 1.99. The molecular formula is C16H14N2O2. The van der Waals surface area contributed by atoms with E-state index in [9.17, 15) is 0 Å². The van der Waals surface area contributed by atoms with Gasteiger partial charge >= 0.3 is 0 Å². The smallest absolute Gasteiger partial charge is 0.130 e. The first-order chi connectivity index (χ1) is 9.86. The number of aromatic nitrogens is 2. The molecule has 1 heterocycles. The number of ether oxygens (including phenoxy) is 2. The Morgan fingerprint density at radius 2 is 1.90 bits per heavy atom. The molecule has 0 N–H and O–H groups in total. The monoisotopic (exact) mass is 266 g/mol. The molecule has 0 saturated carbocycles. The highest BCUT2D eigenvalue weighted by molar-refractivity contribution is 5.83. The zero-order chi connectivity index (χ0) is 13.8. The number of rotatable bonds is 4. The Bertz CT molecular complexity index is 706. The molecule has 4 nitrogen and oxygen atoms in total. The van der Waals surface area contributed by atoms with Crippen molar-refractivity contribution in [2.45, 2.75) is 6.61 Å². The molecule has 0 radical (unpaired) electrons. The third-order valence-electron chi connectivity index (χ3n) is 3.06. The first kappa shape index (κ1) is 12.4. The van der Waals surface area contributed by atoms with Gasteiger partial charge in [-0.05, 0) is 29.8 Å². The SMILES string of the molecule is COc1ccc(COc2cccc3ncncc23)cc1. The van der Waals surface area contributed by atoms with Gasteiger partial charge < -0.3 is 9.47 Å². The number of fused-ring (bicyclic) bond motifs is 1. The maximum absolute atomic E-state index is 5.86. The number of methoxy groups -OCH3 is 1. The fourth-order valence-corrected chi connectivity index (χ4v) is 1.99. The zero-order valence-corrected chi connectivity index (χ0v) is 11.1. The summed E-state index contributed by atoms with van der Waals surface area (Å²) in [6.07, 6.45) is 3.31. The average Bonchev–Trinajstić information content (AvgIpc) is 2.53. The predicted molar refractivity (Wildman–Crippen MR) is 76.9 cm³/mol. The number of nitrogens with zero attached hydrogens (tertiary/aromatic N) is 2. The molecule has 0 bridgehead atoms. The number of benzene rings is 2. The molecule has 0 saturated heterocycles. The zero-order valence-electron chi connectivity index (χ0n) is 11.1. The summed E-state index contributed by atoms with van der Waals surface area (Å²) >= 11 is 0. The summed E-state index contributed by atoms with van der Waals surface area (Å²) in [5.74, 6) is 1.63. The molecule has 0 spiro atoms. The molecule has 2 aromatic carbocycles.